The van der Waals surface area contributed by atoms with Crippen LogP contribution in [0.1, 0.15) is 20.8 Å². The normalized spacial score (nSPS) is 28.9. The summed E-state index contributed by atoms with van der Waals surface area (Å²) >= 11 is 0. The van der Waals surface area contributed by atoms with Crippen molar-refractivity contribution in [3.63, 3.8) is 0 Å². The third kappa shape index (κ3) is 1.51. The van der Waals surface area contributed by atoms with E-state index in [1.165, 1.54) is 0 Å². The second kappa shape index (κ2) is 3.18. The van der Waals surface area contributed by atoms with Crippen LogP contribution in [0.25, 0.3) is 0 Å². The Morgan fingerprint density at radius 1 is 1.64 bits per heavy atom. The first kappa shape index (κ1) is 8.47. The number of allylic oxidation sites excluding steroid dienone is 1. The largest absolute Gasteiger partial charge is 0.365 e. The van der Waals surface area contributed by atoms with Gasteiger partial charge in [-0.2, -0.15) is 0 Å². The highest BCUT2D eigenvalue weighted by Crippen LogP contribution is 2.22. The summed E-state index contributed by atoms with van der Waals surface area (Å²) in [4.78, 5) is 11.1. The SMILES string of the molecule is CC=C1C(=O)COC1C(C)C. The number of hydrogen-bond acceptors (Lipinski definition) is 2. The van der Waals surface area contributed by atoms with Crippen molar-refractivity contribution in [2.75, 3.05) is 6.61 Å². The Morgan fingerprint density at radius 3 is 2.64 bits per heavy atom. The summed E-state index contributed by atoms with van der Waals surface area (Å²) in [6, 6.07) is 0. The van der Waals surface area contributed by atoms with Gasteiger partial charge in [0.05, 0.1) is 6.10 Å². The predicted molar refractivity (Wildman–Crippen MR) is 43.3 cm³/mol. The Labute approximate surface area is 67.2 Å². The predicted octanol–water partition coefficient (Wildman–Crippen LogP) is 1.56. The fourth-order valence-corrected chi connectivity index (χ4v) is 1.37. The van der Waals surface area contributed by atoms with Gasteiger partial charge in [-0.05, 0) is 12.8 Å². The van der Waals surface area contributed by atoms with E-state index in [-0.39, 0.29) is 18.5 Å². The van der Waals surface area contributed by atoms with Crippen LogP contribution in [-0.4, -0.2) is 18.5 Å². The molecule has 11 heavy (non-hydrogen) atoms. The molecule has 0 aromatic carbocycles. The monoisotopic (exact) mass is 154 g/mol. The highest BCUT2D eigenvalue weighted by atomic mass is 16.5. The Hall–Kier alpha value is -0.630. The van der Waals surface area contributed by atoms with Gasteiger partial charge in [-0.15, -0.1) is 0 Å². The fourth-order valence-electron chi connectivity index (χ4n) is 1.37. The van der Waals surface area contributed by atoms with Crippen LogP contribution in [0.3, 0.4) is 0 Å². The van der Waals surface area contributed by atoms with Crippen molar-refractivity contribution in [1.29, 1.82) is 0 Å². The molecule has 2 nitrogen and oxygen atoms in total. The lowest BCUT2D eigenvalue weighted by Crippen LogP contribution is -2.16. The molecule has 1 heterocycles. The molecule has 1 atom stereocenters. The van der Waals surface area contributed by atoms with E-state index in [1.54, 1.807) is 0 Å². The maximum absolute atomic E-state index is 11.1. The van der Waals surface area contributed by atoms with Crippen LogP contribution < -0.4 is 0 Å². The lowest BCUT2D eigenvalue weighted by Gasteiger charge is -2.13. The van der Waals surface area contributed by atoms with Gasteiger partial charge in [0.1, 0.15) is 6.61 Å². The molecular formula is C9H14O2. The third-order valence-corrected chi connectivity index (χ3v) is 1.94. The van der Waals surface area contributed by atoms with Crippen molar-refractivity contribution in [3.8, 4) is 0 Å². The first-order valence-electron chi connectivity index (χ1n) is 3.97. The molecule has 0 radical (unpaired) electrons. The molecule has 1 aliphatic heterocycles. The Kier molecular flexibility index (Phi) is 2.45. The van der Waals surface area contributed by atoms with Crippen LogP contribution >= 0.6 is 0 Å². The minimum Gasteiger partial charge on any atom is -0.365 e. The summed E-state index contributed by atoms with van der Waals surface area (Å²) in [5, 5.41) is 0. The maximum Gasteiger partial charge on any atom is 0.186 e. The van der Waals surface area contributed by atoms with E-state index >= 15 is 0 Å². The molecule has 62 valence electrons. The van der Waals surface area contributed by atoms with Crippen molar-refractivity contribution >= 4 is 5.78 Å². The van der Waals surface area contributed by atoms with Crippen molar-refractivity contribution in [1.82, 2.24) is 0 Å². The summed E-state index contributed by atoms with van der Waals surface area (Å²) in [5.74, 6) is 0.541. The van der Waals surface area contributed by atoms with Crippen LogP contribution in [-0.2, 0) is 9.53 Å². The number of ketones is 1. The van der Waals surface area contributed by atoms with Gasteiger partial charge in [-0.25, -0.2) is 0 Å². The van der Waals surface area contributed by atoms with Crippen LogP contribution in [0, 0.1) is 5.92 Å². The molecule has 1 rings (SSSR count). The van der Waals surface area contributed by atoms with Crippen molar-refractivity contribution < 1.29 is 9.53 Å². The van der Waals surface area contributed by atoms with E-state index in [2.05, 4.69) is 13.8 Å². The second-order valence-electron chi connectivity index (χ2n) is 3.14. The lowest BCUT2D eigenvalue weighted by atomic mass is 9.98. The van der Waals surface area contributed by atoms with E-state index in [9.17, 15) is 4.79 Å². The zero-order valence-corrected chi connectivity index (χ0v) is 7.26. The molecule has 0 aromatic heterocycles. The fraction of sp³-hybridized carbons (Fsp3) is 0.667. The van der Waals surface area contributed by atoms with Crippen molar-refractivity contribution in [2.24, 2.45) is 5.92 Å². The summed E-state index contributed by atoms with van der Waals surface area (Å²) in [7, 11) is 0. The zero-order valence-electron chi connectivity index (χ0n) is 7.26. The first-order chi connectivity index (χ1) is 5.16. The number of rotatable bonds is 1. The van der Waals surface area contributed by atoms with Gasteiger partial charge in [0.15, 0.2) is 5.78 Å². The van der Waals surface area contributed by atoms with Crippen molar-refractivity contribution in [3.05, 3.63) is 11.6 Å². The van der Waals surface area contributed by atoms with Gasteiger partial charge in [0.25, 0.3) is 0 Å². The van der Waals surface area contributed by atoms with Gasteiger partial charge in [-0.1, -0.05) is 19.9 Å². The van der Waals surface area contributed by atoms with Crippen molar-refractivity contribution in [2.45, 2.75) is 26.9 Å². The average molecular weight is 154 g/mol. The molecule has 0 aromatic rings. The molecule has 1 fully saturated rings. The molecular weight excluding hydrogens is 140 g/mol. The summed E-state index contributed by atoms with van der Waals surface area (Å²) in [5.41, 5.74) is 0.847. The first-order valence-corrected chi connectivity index (χ1v) is 3.97. The Morgan fingerprint density at radius 2 is 2.27 bits per heavy atom. The van der Waals surface area contributed by atoms with Gasteiger partial charge < -0.3 is 4.74 Å². The molecule has 2 heteroatoms. The third-order valence-electron chi connectivity index (χ3n) is 1.94. The topological polar surface area (TPSA) is 26.3 Å². The average Bonchev–Trinajstić information content (AvgIpc) is 2.30. The molecule has 0 saturated carbocycles. The van der Waals surface area contributed by atoms with E-state index in [4.69, 9.17) is 4.74 Å². The molecule has 0 amide bonds. The second-order valence-corrected chi connectivity index (χ2v) is 3.14. The highest BCUT2D eigenvalue weighted by Gasteiger charge is 2.30. The van der Waals surface area contributed by atoms with Crippen LogP contribution in [0.2, 0.25) is 0 Å². The van der Waals surface area contributed by atoms with Crippen LogP contribution in [0.15, 0.2) is 11.6 Å². The summed E-state index contributed by atoms with van der Waals surface area (Å²) in [6.45, 7) is 6.28. The number of carbonyl (C=O) groups is 1. The molecule has 0 N–H and O–H groups in total. The Balaban J connectivity index is 2.78. The quantitative estimate of drug-likeness (QED) is 0.536. The van der Waals surface area contributed by atoms with Gasteiger partial charge in [-0.3, -0.25) is 4.79 Å². The molecule has 1 unspecified atom stereocenters. The zero-order chi connectivity index (χ0) is 8.43. The van der Waals surface area contributed by atoms with Gasteiger partial charge in [0.2, 0.25) is 0 Å². The van der Waals surface area contributed by atoms with Gasteiger partial charge >= 0.3 is 0 Å². The molecule has 1 saturated heterocycles. The number of ether oxygens (including phenoxy) is 1. The minimum atomic E-state index is 0.0347. The highest BCUT2D eigenvalue weighted by molar-refractivity contribution is 5.99. The summed E-state index contributed by atoms with van der Waals surface area (Å²) < 4.78 is 5.31. The lowest BCUT2D eigenvalue weighted by molar-refractivity contribution is -0.115. The number of carbonyl (C=O) groups excluding carboxylic acids is 1. The molecule has 1 aliphatic rings. The van der Waals surface area contributed by atoms with E-state index < -0.39 is 0 Å². The van der Waals surface area contributed by atoms with Gasteiger partial charge in [0, 0.05) is 5.57 Å². The number of Topliss-reactive ketones (excluding diaryl/α,β-unsaturated/α-hetero) is 1. The van der Waals surface area contributed by atoms with E-state index in [0.29, 0.717) is 5.92 Å². The smallest absolute Gasteiger partial charge is 0.186 e. The van der Waals surface area contributed by atoms with E-state index in [1.807, 2.05) is 13.0 Å². The van der Waals surface area contributed by atoms with Crippen LogP contribution in [0.4, 0.5) is 0 Å². The minimum absolute atomic E-state index is 0.0347. The number of hydrogen-bond donors (Lipinski definition) is 0. The van der Waals surface area contributed by atoms with Crippen LogP contribution in [0.5, 0.6) is 0 Å². The van der Waals surface area contributed by atoms with E-state index in [0.717, 1.165) is 5.57 Å². The maximum atomic E-state index is 11.1. The molecule has 0 bridgehead atoms. The summed E-state index contributed by atoms with van der Waals surface area (Å²) in [6.07, 6.45) is 1.90. The standard InChI is InChI=1S/C9H14O2/c1-4-7-8(10)5-11-9(7)6(2)3/h4,6,9H,5H2,1-3H3. The molecule has 0 spiro atoms. The molecule has 0 aliphatic carbocycles. The Bertz CT molecular complexity index is 192.